The van der Waals surface area contributed by atoms with Gasteiger partial charge in [0.1, 0.15) is 0 Å². The zero-order chi connectivity index (χ0) is 18.9. The summed E-state index contributed by atoms with van der Waals surface area (Å²) < 4.78 is 16.2. The smallest absolute Gasteiger partial charge is 0.331 e. The standard InChI is InChI=1S/C19H18BrNO5/c1-24-16-9-3-13(11-17(16)25-2)4-10-19(23)26-12-18(22)21-15-7-5-14(20)6-8-15/h3-11H,12H2,1-2H3,(H,21,22)/b10-4+. The van der Waals surface area contributed by atoms with E-state index in [1.807, 2.05) is 0 Å². The molecule has 0 heterocycles. The van der Waals surface area contributed by atoms with Crippen molar-refractivity contribution in [3.8, 4) is 11.5 Å². The number of anilines is 1. The summed E-state index contributed by atoms with van der Waals surface area (Å²) in [4.78, 5) is 23.5. The van der Waals surface area contributed by atoms with Gasteiger partial charge in [0.2, 0.25) is 0 Å². The van der Waals surface area contributed by atoms with Crippen molar-refractivity contribution in [1.82, 2.24) is 0 Å². The van der Waals surface area contributed by atoms with Gasteiger partial charge in [-0.05, 0) is 48.0 Å². The van der Waals surface area contributed by atoms with E-state index in [4.69, 9.17) is 14.2 Å². The number of methoxy groups -OCH3 is 2. The Morgan fingerprint density at radius 2 is 1.73 bits per heavy atom. The second kappa shape index (κ2) is 9.62. The molecule has 0 aliphatic carbocycles. The van der Waals surface area contributed by atoms with Crippen molar-refractivity contribution < 1.29 is 23.8 Å². The summed E-state index contributed by atoms with van der Waals surface area (Å²) in [7, 11) is 3.08. The first-order valence-corrected chi connectivity index (χ1v) is 8.43. The number of ether oxygens (including phenoxy) is 3. The molecule has 0 atom stereocenters. The van der Waals surface area contributed by atoms with E-state index in [0.29, 0.717) is 17.2 Å². The molecule has 2 rings (SSSR count). The molecule has 0 spiro atoms. The van der Waals surface area contributed by atoms with Crippen LogP contribution in [0.3, 0.4) is 0 Å². The van der Waals surface area contributed by atoms with Crippen molar-refractivity contribution in [2.45, 2.75) is 0 Å². The van der Waals surface area contributed by atoms with Gasteiger partial charge >= 0.3 is 5.97 Å². The fourth-order valence-corrected chi connectivity index (χ4v) is 2.30. The summed E-state index contributed by atoms with van der Waals surface area (Å²) in [6.45, 7) is -0.370. The Labute approximate surface area is 159 Å². The molecule has 1 N–H and O–H groups in total. The molecule has 0 bridgehead atoms. The van der Waals surface area contributed by atoms with Gasteiger partial charge in [0.05, 0.1) is 14.2 Å². The summed E-state index contributed by atoms with van der Waals surface area (Å²) in [6, 6.07) is 12.3. The molecule has 136 valence electrons. The molecule has 2 aromatic carbocycles. The van der Waals surface area contributed by atoms with E-state index >= 15 is 0 Å². The van der Waals surface area contributed by atoms with Gasteiger partial charge in [-0.2, -0.15) is 0 Å². The molecule has 0 saturated heterocycles. The number of hydrogen-bond acceptors (Lipinski definition) is 5. The van der Waals surface area contributed by atoms with E-state index in [2.05, 4.69) is 21.2 Å². The van der Waals surface area contributed by atoms with Crippen LogP contribution in [0.25, 0.3) is 6.08 Å². The molecule has 0 saturated carbocycles. The highest BCUT2D eigenvalue weighted by Gasteiger charge is 2.06. The number of esters is 1. The highest BCUT2D eigenvalue weighted by molar-refractivity contribution is 9.10. The Hall–Kier alpha value is -2.80. The van der Waals surface area contributed by atoms with Crippen LogP contribution in [-0.2, 0) is 14.3 Å². The minimum absolute atomic E-state index is 0.370. The van der Waals surface area contributed by atoms with Crippen LogP contribution in [0.2, 0.25) is 0 Å². The van der Waals surface area contributed by atoms with Crippen LogP contribution in [-0.4, -0.2) is 32.7 Å². The number of carbonyl (C=O) groups is 2. The number of carbonyl (C=O) groups excluding carboxylic acids is 2. The molecule has 0 aliphatic rings. The maximum atomic E-state index is 11.8. The monoisotopic (exact) mass is 419 g/mol. The van der Waals surface area contributed by atoms with E-state index in [1.165, 1.54) is 13.2 Å². The fraction of sp³-hybridized carbons (Fsp3) is 0.158. The Kier molecular flexibility index (Phi) is 7.23. The first-order chi connectivity index (χ1) is 12.5. The highest BCUT2D eigenvalue weighted by atomic mass is 79.9. The lowest BCUT2D eigenvalue weighted by Gasteiger charge is -2.07. The van der Waals surface area contributed by atoms with Gasteiger partial charge < -0.3 is 19.5 Å². The molecule has 1 amide bonds. The number of benzene rings is 2. The van der Waals surface area contributed by atoms with Crippen LogP contribution in [0.4, 0.5) is 5.69 Å². The number of amides is 1. The molecule has 7 heteroatoms. The number of halogens is 1. The van der Waals surface area contributed by atoms with Crippen LogP contribution >= 0.6 is 15.9 Å². The van der Waals surface area contributed by atoms with Gasteiger partial charge in [-0.3, -0.25) is 4.79 Å². The van der Waals surface area contributed by atoms with E-state index in [0.717, 1.165) is 10.0 Å². The van der Waals surface area contributed by atoms with Gasteiger partial charge in [-0.25, -0.2) is 4.79 Å². The quantitative estimate of drug-likeness (QED) is 0.547. The van der Waals surface area contributed by atoms with E-state index in [9.17, 15) is 9.59 Å². The lowest BCUT2D eigenvalue weighted by Crippen LogP contribution is -2.20. The van der Waals surface area contributed by atoms with Crippen LogP contribution in [0.15, 0.2) is 53.0 Å². The summed E-state index contributed by atoms with van der Waals surface area (Å²) in [5.41, 5.74) is 1.36. The minimum Gasteiger partial charge on any atom is -0.493 e. The Balaban J connectivity index is 1.85. The highest BCUT2D eigenvalue weighted by Crippen LogP contribution is 2.27. The van der Waals surface area contributed by atoms with Crippen molar-refractivity contribution in [2.24, 2.45) is 0 Å². The third kappa shape index (κ3) is 5.93. The van der Waals surface area contributed by atoms with Gasteiger partial charge in [-0.1, -0.05) is 22.0 Å². The van der Waals surface area contributed by atoms with E-state index in [1.54, 1.807) is 55.7 Å². The molecule has 26 heavy (non-hydrogen) atoms. The van der Waals surface area contributed by atoms with E-state index in [-0.39, 0.29) is 6.61 Å². The molecule has 6 nitrogen and oxygen atoms in total. The van der Waals surface area contributed by atoms with Crippen molar-refractivity contribution in [1.29, 1.82) is 0 Å². The number of nitrogens with one attached hydrogen (secondary N) is 1. The molecule has 0 aliphatic heterocycles. The van der Waals surface area contributed by atoms with Gasteiger partial charge in [-0.15, -0.1) is 0 Å². The minimum atomic E-state index is -0.620. The molecule has 0 fully saturated rings. The van der Waals surface area contributed by atoms with Crippen molar-refractivity contribution >= 4 is 39.6 Å². The van der Waals surface area contributed by atoms with Crippen LogP contribution in [0.5, 0.6) is 11.5 Å². The Morgan fingerprint density at radius 3 is 2.38 bits per heavy atom. The summed E-state index contributed by atoms with van der Waals surface area (Å²) in [5, 5.41) is 2.63. The SMILES string of the molecule is COc1ccc(/C=C/C(=O)OCC(=O)Nc2ccc(Br)cc2)cc1OC. The Bertz CT molecular complexity index is 802. The average molecular weight is 420 g/mol. The molecular formula is C19H18BrNO5. The topological polar surface area (TPSA) is 73.9 Å². The largest absolute Gasteiger partial charge is 0.493 e. The van der Waals surface area contributed by atoms with Crippen LogP contribution < -0.4 is 14.8 Å². The summed E-state index contributed by atoms with van der Waals surface area (Å²) in [5.74, 6) is 0.111. The van der Waals surface area contributed by atoms with Crippen LogP contribution in [0, 0.1) is 0 Å². The van der Waals surface area contributed by atoms with Crippen molar-refractivity contribution in [2.75, 3.05) is 26.1 Å². The third-order valence-electron chi connectivity index (χ3n) is 3.29. The second-order valence-electron chi connectivity index (χ2n) is 5.11. The average Bonchev–Trinajstić information content (AvgIpc) is 2.66. The summed E-state index contributed by atoms with van der Waals surface area (Å²) >= 11 is 3.31. The first kappa shape index (κ1) is 19.5. The third-order valence-corrected chi connectivity index (χ3v) is 3.82. The molecule has 0 aromatic heterocycles. The zero-order valence-electron chi connectivity index (χ0n) is 14.3. The van der Waals surface area contributed by atoms with Crippen molar-refractivity contribution in [3.05, 3.63) is 58.6 Å². The maximum absolute atomic E-state index is 11.8. The lowest BCUT2D eigenvalue weighted by atomic mass is 10.2. The summed E-state index contributed by atoms with van der Waals surface area (Å²) in [6.07, 6.45) is 2.81. The fourth-order valence-electron chi connectivity index (χ4n) is 2.04. The maximum Gasteiger partial charge on any atom is 0.331 e. The predicted molar refractivity (Wildman–Crippen MR) is 102 cm³/mol. The second-order valence-corrected chi connectivity index (χ2v) is 6.03. The molecule has 0 unspecified atom stereocenters. The Morgan fingerprint density at radius 1 is 1.04 bits per heavy atom. The molecule has 0 radical (unpaired) electrons. The number of rotatable bonds is 7. The first-order valence-electron chi connectivity index (χ1n) is 7.64. The van der Waals surface area contributed by atoms with Crippen LogP contribution in [0.1, 0.15) is 5.56 Å². The normalized spacial score (nSPS) is 10.4. The predicted octanol–water partition coefficient (Wildman–Crippen LogP) is 3.66. The van der Waals surface area contributed by atoms with Gasteiger partial charge in [0, 0.05) is 16.2 Å². The lowest BCUT2D eigenvalue weighted by molar-refractivity contribution is -0.142. The van der Waals surface area contributed by atoms with Gasteiger partial charge in [0.25, 0.3) is 5.91 Å². The van der Waals surface area contributed by atoms with Crippen molar-refractivity contribution in [3.63, 3.8) is 0 Å². The zero-order valence-corrected chi connectivity index (χ0v) is 15.9. The molecular weight excluding hydrogens is 402 g/mol. The van der Waals surface area contributed by atoms with Gasteiger partial charge in [0.15, 0.2) is 18.1 Å². The number of hydrogen-bond donors (Lipinski definition) is 1. The van der Waals surface area contributed by atoms with E-state index < -0.39 is 11.9 Å². The molecule has 2 aromatic rings.